The van der Waals surface area contributed by atoms with Crippen LogP contribution in [0.5, 0.6) is 0 Å². The maximum Gasteiger partial charge on any atom is 0.222 e. The van der Waals surface area contributed by atoms with Crippen molar-refractivity contribution >= 4 is 32.7 Å². The van der Waals surface area contributed by atoms with Crippen LogP contribution in [0.25, 0.3) is 11.1 Å². The van der Waals surface area contributed by atoms with Crippen LogP contribution in [-0.4, -0.2) is 60.6 Å². The molecule has 176 valence electrons. The summed E-state index contributed by atoms with van der Waals surface area (Å²) in [6.07, 6.45) is 1.56. The number of anilines is 1. The number of aryl methyl sites for hydroxylation is 2. The van der Waals surface area contributed by atoms with Crippen LogP contribution in [0.3, 0.4) is 0 Å². The van der Waals surface area contributed by atoms with Gasteiger partial charge in [0.25, 0.3) is 0 Å². The number of hydrogen-bond donors (Lipinski definition) is 0. The lowest BCUT2D eigenvalue weighted by molar-refractivity contribution is -0.133. The number of oxazole rings is 1. The van der Waals surface area contributed by atoms with E-state index in [2.05, 4.69) is 9.97 Å². The van der Waals surface area contributed by atoms with Gasteiger partial charge in [0.2, 0.25) is 5.91 Å². The molecule has 1 aliphatic rings. The van der Waals surface area contributed by atoms with Gasteiger partial charge in [-0.15, -0.1) is 0 Å². The number of fused-ring (bicyclic) bond motifs is 1. The Kier molecular flexibility index (Phi) is 6.38. The number of piperazine rings is 1. The summed E-state index contributed by atoms with van der Waals surface area (Å²) < 4.78 is 44.6. The van der Waals surface area contributed by atoms with Gasteiger partial charge in [-0.3, -0.25) is 4.79 Å². The van der Waals surface area contributed by atoms with Gasteiger partial charge in [-0.1, -0.05) is 6.07 Å². The van der Waals surface area contributed by atoms with Crippen molar-refractivity contribution in [1.29, 1.82) is 0 Å². The highest BCUT2D eigenvalue weighted by Gasteiger charge is 2.29. The largest absolute Gasteiger partial charge is 0.440 e. The van der Waals surface area contributed by atoms with E-state index < -0.39 is 9.84 Å². The lowest BCUT2D eigenvalue weighted by Crippen LogP contribution is -2.54. The van der Waals surface area contributed by atoms with Crippen LogP contribution in [0.1, 0.15) is 31.2 Å². The summed E-state index contributed by atoms with van der Waals surface area (Å²) in [5, 5.41) is 0. The van der Waals surface area contributed by atoms with Crippen molar-refractivity contribution < 1.29 is 22.0 Å². The van der Waals surface area contributed by atoms with E-state index in [0.717, 1.165) is 11.4 Å². The molecule has 1 atom stereocenters. The van der Waals surface area contributed by atoms with Gasteiger partial charge in [-0.05, 0) is 44.0 Å². The Hall–Kier alpha value is -3.01. The van der Waals surface area contributed by atoms with Gasteiger partial charge in [0.15, 0.2) is 21.3 Å². The number of pyridine rings is 1. The minimum Gasteiger partial charge on any atom is -0.440 e. The molecule has 10 heteroatoms. The van der Waals surface area contributed by atoms with Crippen molar-refractivity contribution in [3.63, 3.8) is 0 Å². The number of aromatic nitrogens is 2. The van der Waals surface area contributed by atoms with Crippen molar-refractivity contribution in [2.45, 2.75) is 44.6 Å². The number of nitrogens with zero attached hydrogens (tertiary/aromatic N) is 4. The Labute approximate surface area is 192 Å². The summed E-state index contributed by atoms with van der Waals surface area (Å²) in [6.45, 7) is 7.10. The van der Waals surface area contributed by atoms with Gasteiger partial charge in [0.1, 0.15) is 22.0 Å². The number of para-hydroxylation sites is 1. The number of sulfone groups is 1. The molecule has 3 heterocycles. The number of amides is 1. The zero-order valence-electron chi connectivity index (χ0n) is 18.9. The third-order valence-corrected chi connectivity index (χ3v) is 7.71. The molecule has 0 bridgehead atoms. The summed E-state index contributed by atoms with van der Waals surface area (Å²) in [5.41, 5.74) is 1.52. The first-order valence-corrected chi connectivity index (χ1v) is 12.6. The molecule has 0 aliphatic carbocycles. The van der Waals surface area contributed by atoms with E-state index in [4.69, 9.17) is 4.42 Å². The standard InChI is InChI=1S/C23H27FN4O4S/c1-15-12-18(24)13-25-23(15)27-9-10-28(16(2)14-27)21(29)8-5-11-33(30,31)20-7-4-6-19-22(20)32-17(3)26-19/h4,6-7,12-13,16H,5,8-11,14H2,1-3H3/t16-/m0/s1. The minimum atomic E-state index is -3.62. The van der Waals surface area contributed by atoms with Crippen molar-refractivity contribution in [1.82, 2.24) is 14.9 Å². The molecule has 0 radical (unpaired) electrons. The SMILES string of the molecule is Cc1nc2cccc(S(=O)(=O)CCCC(=O)N3CCN(c4ncc(F)cc4C)C[C@@H]3C)c2o1. The molecular weight excluding hydrogens is 447 g/mol. The first-order valence-electron chi connectivity index (χ1n) is 10.9. The summed E-state index contributed by atoms with van der Waals surface area (Å²) in [7, 11) is -3.62. The third-order valence-electron chi connectivity index (χ3n) is 5.89. The highest BCUT2D eigenvalue weighted by atomic mass is 32.2. The van der Waals surface area contributed by atoms with Gasteiger partial charge >= 0.3 is 0 Å². The van der Waals surface area contributed by atoms with Crippen LogP contribution in [-0.2, 0) is 14.6 Å². The third kappa shape index (κ3) is 4.85. The van der Waals surface area contributed by atoms with Crippen LogP contribution in [0, 0.1) is 19.7 Å². The molecule has 1 aliphatic heterocycles. The normalized spacial score (nSPS) is 17.0. The fourth-order valence-electron chi connectivity index (χ4n) is 4.33. The highest BCUT2D eigenvalue weighted by molar-refractivity contribution is 7.91. The monoisotopic (exact) mass is 474 g/mol. The summed E-state index contributed by atoms with van der Waals surface area (Å²) in [5.74, 6) is 0.530. The predicted molar refractivity (Wildman–Crippen MR) is 122 cm³/mol. The van der Waals surface area contributed by atoms with E-state index in [9.17, 15) is 17.6 Å². The van der Waals surface area contributed by atoms with E-state index in [1.54, 1.807) is 24.0 Å². The Morgan fingerprint density at radius 2 is 2.06 bits per heavy atom. The van der Waals surface area contributed by atoms with Crippen molar-refractivity contribution in [3.8, 4) is 0 Å². The first-order chi connectivity index (χ1) is 15.7. The van der Waals surface area contributed by atoms with Crippen LogP contribution >= 0.6 is 0 Å². The quantitative estimate of drug-likeness (QED) is 0.541. The zero-order valence-corrected chi connectivity index (χ0v) is 19.7. The van der Waals surface area contributed by atoms with E-state index in [1.807, 2.05) is 18.7 Å². The van der Waals surface area contributed by atoms with Crippen molar-refractivity contribution in [2.24, 2.45) is 0 Å². The second-order valence-corrected chi connectivity index (χ2v) is 10.5. The first kappa shape index (κ1) is 23.2. The second-order valence-electron chi connectivity index (χ2n) is 8.44. The van der Waals surface area contributed by atoms with Gasteiger partial charge in [0, 0.05) is 39.0 Å². The highest BCUT2D eigenvalue weighted by Crippen LogP contribution is 2.26. The van der Waals surface area contributed by atoms with Gasteiger partial charge in [-0.25, -0.2) is 22.8 Å². The van der Waals surface area contributed by atoms with Gasteiger partial charge in [-0.2, -0.15) is 0 Å². The molecule has 2 aromatic heterocycles. The molecule has 0 saturated carbocycles. The Morgan fingerprint density at radius 1 is 1.27 bits per heavy atom. The Morgan fingerprint density at radius 3 is 2.79 bits per heavy atom. The number of benzene rings is 1. The molecule has 1 amide bonds. The number of hydrogen-bond acceptors (Lipinski definition) is 7. The Bertz CT molecular complexity index is 1290. The smallest absolute Gasteiger partial charge is 0.222 e. The van der Waals surface area contributed by atoms with E-state index in [-0.39, 0.29) is 46.8 Å². The molecule has 4 rings (SSSR count). The van der Waals surface area contributed by atoms with Crippen LogP contribution in [0.4, 0.5) is 10.2 Å². The molecule has 8 nitrogen and oxygen atoms in total. The molecule has 0 N–H and O–H groups in total. The van der Waals surface area contributed by atoms with Gasteiger partial charge < -0.3 is 14.2 Å². The van der Waals surface area contributed by atoms with Crippen LogP contribution < -0.4 is 4.90 Å². The van der Waals surface area contributed by atoms with E-state index >= 15 is 0 Å². The van der Waals surface area contributed by atoms with E-state index in [0.29, 0.717) is 31.0 Å². The van der Waals surface area contributed by atoms with E-state index in [1.165, 1.54) is 18.3 Å². The van der Waals surface area contributed by atoms with Gasteiger partial charge in [0.05, 0.1) is 11.9 Å². The van der Waals surface area contributed by atoms with Crippen LogP contribution in [0.2, 0.25) is 0 Å². The zero-order chi connectivity index (χ0) is 23.8. The average Bonchev–Trinajstić information content (AvgIpc) is 3.13. The molecular formula is C23H27FN4O4S. The molecule has 3 aromatic rings. The number of carbonyl (C=O) groups is 1. The maximum absolute atomic E-state index is 13.4. The molecule has 0 spiro atoms. The lowest BCUT2D eigenvalue weighted by atomic mass is 10.1. The maximum atomic E-state index is 13.4. The predicted octanol–water partition coefficient (Wildman–Crippen LogP) is 3.27. The summed E-state index contributed by atoms with van der Waals surface area (Å²) in [6, 6.07) is 6.24. The second kappa shape index (κ2) is 9.09. The number of carbonyl (C=O) groups excluding carboxylic acids is 1. The molecule has 0 unspecified atom stereocenters. The Balaban J connectivity index is 1.35. The average molecular weight is 475 g/mol. The molecule has 33 heavy (non-hydrogen) atoms. The van der Waals surface area contributed by atoms with Crippen LogP contribution in [0.15, 0.2) is 39.8 Å². The fourth-order valence-corrected chi connectivity index (χ4v) is 5.79. The minimum absolute atomic E-state index is 0.0694. The summed E-state index contributed by atoms with van der Waals surface area (Å²) >= 11 is 0. The molecule has 1 fully saturated rings. The van der Waals surface area contributed by atoms with Crippen molar-refractivity contribution in [2.75, 3.05) is 30.3 Å². The topological polar surface area (TPSA) is 96.6 Å². The summed E-state index contributed by atoms with van der Waals surface area (Å²) in [4.78, 5) is 25.1. The van der Waals surface area contributed by atoms with Crippen molar-refractivity contribution in [3.05, 3.63) is 47.7 Å². The lowest BCUT2D eigenvalue weighted by Gasteiger charge is -2.41. The molecule has 1 aromatic carbocycles. The number of halogens is 1. The number of rotatable bonds is 6. The fraction of sp³-hybridized carbons (Fsp3) is 0.435. The molecule has 1 saturated heterocycles.